The van der Waals surface area contributed by atoms with Crippen LogP contribution in [0.2, 0.25) is 0 Å². The molecule has 0 bridgehead atoms. The summed E-state index contributed by atoms with van der Waals surface area (Å²) in [4.78, 5) is 18.8. The number of aromatic nitrogens is 4. The molecule has 2 saturated heterocycles. The van der Waals surface area contributed by atoms with Crippen LogP contribution < -0.4 is 0 Å². The standard InChI is InChI=1S/2C22H25N3O/c2*1-15-13-16(9-11-24-15)20-17-7-4-3-5-8-19(17)25-21(18(20)14-23)22(2)10-6-12-26-22/h2*9,11,13H,3-8,10,12H2,1-2H3/t2*22-/m10/s1. The SMILES string of the molecule is Cc1cc(-c2c(C#N)c([C@@]3(C)CCCO3)nc3c2CCCCC3)ccn1.Cc1cc(-c2c(C#N)c([C@]3(C)CCCO3)nc3c2CCCCC3)ccn1. The third kappa shape index (κ3) is 6.99. The number of hydrogen-bond donors (Lipinski definition) is 0. The van der Waals surface area contributed by atoms with Crippen LogP contribution in [0.25, 0.3) is 22.3 Å². The number of nitriles is 2. The van der Waals surface area contributed by atoms with Crippen LogP contribution in [0.4, 0.5) is 0 Å². The van der Waals surface area contributed by atoms with E-state index in [-0.39, 0.29) is 0 Å². The van der Waals surface area contributed by atoms with Crippen LogP contribution in [0, 0.1) is 36.5 Å². The third-order valence-electron chi connectivity index (χ3n) is 11.5. The van der Waals surface area contributed by atoms with Crippen LogP contribution in [0.5, 0.6) is 0 Å². The molecule has 0 amide bonds. The zero-order chi connectivity index (χ0) is 36.3. The molecule has 52 heavy (non-hydrogen) atoms. The van der Waals surface area contributed by atoms with Crippen LogP contribution >= 0.6 is 0 Å². The summed E-state index contributed by atoms with van der Waals surface area (Å²) in [6.07, 6.45) is 18.6. The second-order valence-electron chi connectivity index (χ2n) is 15.4. The van der Waals surface area contributed by atoms with Crippen LogP contribution in [-0.4, -0.2) is 33.1 Å². The van der Waals surface area contributed by atoms with Crippen molar-refractivity contribution in [1.82, 2.24) is 19.9 Å². The Kier molecular flexibility index (Phi) is 10.5. The first kappa shape index (κ1) is 35.9. The van der Waals surface area contributed by atoms with Crippen molar-refractivity contribution in [3.8, 4) is 34.4 Å². The zero-order valence-electron chi connectivity index (χ0n) is 31.3. The van der Waals surface area contributed by atoms with E-state index in [4.69, 9.17) is 19.4 Å². The summed E-state index contributed by atoms with van der Waals surface area (Å²) in [5, 5.41) is 20.2. The van der Waals surface area contributed by atoms with Crippen molar-refractivity contribution >= 4 is 0 Å². The topological polar surface area (TPSA) is 118 Å². The van der Waals surface area contributed by atoms with Crippen molar-refractivity contribution in [2.45, 2.75) is 129 Å². The van der Waals surface area contributed by atoms with E-state index in [2.05, 4.69) is 48.1 Å². The van der Waals surface area contributed by atoms with Gasteiger partial charge in [-0.2, -0.15) is 10.5 Å². The smallest absolute Gasteiger partial charge is 0.109 e. The molecule has 8 rings (SSSR count). The fraction of sp³-hybridized carbons (Fsp3) is 0.500. The lowest BCUT2D eigenvalue weighted by atomic mass is 9.85. The summed E-state index contributed by atoms with van der Waals surface area (Å²) < 4.78 is 12.2. The van der Waals surface area contributed by atoms with Crippen molar-refractivity contribution in [3.63, 3.8) is 0 Å². The molecule has 2 fully saturated rings. The molecular formula is C44H50N6O2. The van der Waals surface area contributed by atoms with E-state index in [1.54, 1.807) is 0 Å². The van der Waals surface area contributed by atoms with E-state index < -0.39 is 11.2 Å². The van der Waals surface area contributed by atoms with Crippen molar-refractivity contribution < 1.29 is 9.47 Å². The molecule has 0 unspecified atom stereocenters. The quantitative estimate of drug-likeness (QED) is 0.194. The van der Waals surface area contributed by atoms with E-state index in [1.807, 2.05) is 38.4 Å². The molecule has 2 atom stereocenters. The third-order valence-corrected chi connectivity index (χ3v) is 11.5. The van der Waals surface area contributed by atoms with Crippen molar-refractivity contribution in [2.75, 3.05) is 13.2 Å². The van der Waals surface area contributed by atoms with Gasteiger partial charge in [-0.3, -0.25) is 19.9 Å². The molecular weight excluding hydrogens is 645 g/mol. The second kappa shape index (κ2) is 15.2. The highest BCUT2D eigenvalue weighted by atomic mass is 16.5. The van der Waals surface area contributed by atoms with Crippen LogP contribution in [0.15, 0.2) is 36.7 Å². The molecule has 4 aromatic rings. The monoisotopic (exact) mass is 694 g/mol. The Bertz CT molecular complexity index is 1900. The molecule has 0 aromatic carbocycles. The first-order valence-corrected chi connectivity index (χ1v) is 19.3. The molecule has 268 valence electrons. The van der Waals surface area contributed by atoms with Gasteiger partial charge >= 0.3 is 0 Å². The summed E-state index contributed by atoms with van der Waals surface area (Å²) in [5.74, 6) is 0. The van der Waals surface area contributed by atoms with Gasteiger partial charge in [-0.15, -0.1) is 0 Å². The van der Waals surface area contributed by atoms with Crippen molar-refractivity contribution in [2.24, 2.45) is 0 Å². The van der Waals surface area contributed by atoms with Crippen LogP contribution in [0.1, 0.15) is 134 Å². The molecule has 0 radical (unpaired) electrons. The Hall–Kier alpha value is -4.50. The lowest BCUT2D eigenvalue weighted by molar-refractivity contribution is 0.0127. The molecule has 2 aliphatic carbocycles. The molecule has 2 aliphatic heterocycles. The summed E-state index contributed by atoms with van der Waals surface area (Å²) >= 11 is 0. The number of pyridine rings is 4. The molecule has 4 aromatic heterocycles. The first-order valence-electron chi connectivity index (χ1n) is 19.3. The Morgan fingerprint density at radius 2 is 1.02 bits per heavy atom. The van der Waals surface area contributed by atoms with Crippen LogP contribution in [0.3, 0.4) is 0 Å². The molecule has 0 spiro atoms. The fourth-order valence-electron chi connectivity index (χ4n) is 8.79. The first-order chi connectivity index (χ1) is 25.2. The normalized spacial score (nSPS) is 22.5. The lowest BCUT2D eigenvalue weighted by Gasteiger charge is -2.27. The molecule has 0 N–H and O–H groups in total. The molecule has 0 saturated carbocycles. The summed E-state index contributed by atoms with van der Waals surface area (Å²) in [5.41, 5.74) is 13.2. The Balaban J connectivity index is 0.000000162. The van der Waals surface area contributed by atoms with Gasteiger partial charge in [0.05, 0.1) is 22.5 Å². The van der Waals surface area contributed by atoms with E-state index in [1.165, 1.54) is 24.0 Å². The lowest BCUT2D eigenvalue weighted by Crippen LogP contribution is -2.25. The van der Waals surface area contributed by atoms with Gasteiger partial charge in [0.1, 0.15) is 23.3 Å². The van der Waals surface area contributed by atoms with Crippen molar-refractivity contribution in [1.29, 1.82) is 10.5 Å². The maximum absolute atomic E-state index is 10.1. The minimum absolute atomic E-state index is 0.455. The van der Waals surface area contributed by atoms with E-state index in [9.17, 15) is 10.5 Å². The predicted octanol–water partition coefficient (Wildman–Crippen LogP) is 9.24. The number of nitrogens with zero attached hydrogens (tertiary/aromatic N) is 6. The van der Waals surface area contributed by atoms with E-state index in [0.717, 1.165) is 147 Å². The van der Waals surface area contributed by atoms with Gasteiger partial charge in [-0.05, 0) is 151 Å². The predicted molar refractivity (Wildman–Crippen MR) is 201 cm³/mol. The highest BCUT2D eigenvalue weighted by Gasteiger charge is 2.39. The summed E-state index contributed by atoms with van der Waals surface area (Å²) in [7, 11) is 0. The zero-order valence-corrected chi connectivity index (χ0v) is 31.3. The molecule has 4 aliphatic rings. The molecule has 8 nitrogen and oxygen atoms in total. The fourth-order valence-corrected chi connectivity index (χ4v) is 8.79. The number of ether oxygens (including phenoxy) is 2. The molecule has 8 heteroatoms. The van der Waals surface area contributed by atoms with E-state index in [0.29, 0.717) is 11.1 Å². The Labute approximate surface area is 308 Å². The van der Waals surface area contributed by atoms with Gasteiger partial charge in [0, 0.05) is 59.5 Å². The summed E-state index contributed by atoms with van der Waals surface area (Å²) in [6, 6.07) is 13.2. The Morgan fingerprint density at radius 3 is 1.38 bits per heavy atom. The minimum Gasteiger partial charge on any atom is -0.369 e. The highest BCUT2D eigenvalue weighted by Crippen LogP contribution is 2.44. The maximum Gasteiger partial charge on any atom is 0.109 e. The van der Waals surface area contributed by atoms with Crippen molar-refractivity contribution in [3.05, 3.63) is 93.1 Å². The van der Waals surface area contributed by atoms with Gasteiger partial charge in [-0.25, -0.2) is 0 Å². The second-order valence-corrected chi connectivity index (χ2v) is 15.4. The van der Waals surface area contributed by atoms with Gasteiger partial charge in [0.2, 0.25) is 0 Å². The average Bonchev–Trinajstić information content (AvgIpc) is 3.63. The number of fused-ring (bicyclic) bond motifs is 2. The van der Waals surface area contributed by atoms with Gasteiger partial charge in [-0.1, -0.05) is 12.8 Å². The van der Waals surface area contributed by atoms with E-state index >= 15 is 0 Å². The highest BCUT2D eigenvalue weighted by molar-refractivity contribution is 5.77. The minimum atomic E-state index is -0.455. The van der Waals surface area contributed by atoms with Gasteiger partial charge in [0.25, 0.3) is 0 Å². The maximum atomic E-state index is 10.1. The van der Waals surface area contributed by atoms with Gasteiger partial charge < -0.3 is 9.47 Å². The average molecular weight is 695 g/mol. The number of hydrogen-bond acceptors (Lipinski definition) is 8. The summed E-state index contributed by atoms with van der Waals surface area (Å²) in [6.45, 7) is 9.66. The van der Waals surface area contributed by atoms with Crippen LogP contribution in [-0.2, 0) is 46.4 Å². The molecule has 6 heterocycles. The van der Waals surface area contributed by atoms with Gasteiger partial charge in [0.15, 0.2) is 0 Å². The number of aryl methyl sites for hydroxylation is 4. The largest absolute Gasteiger partial charge is 0.369 e. The number of rotatable bonds is 4. The Morgan fingerprint density at radius 1 is 0.596 bits per heavy atom.